The molecule has 1 saturated carbocycles. The number of phenolic OH excluding ortho intramolecular Hbond substituents is 1. The van der Waals surface area contributed by atoms with Crippen molar-refractivity contribution in [3.05, 3.63) is 123 Å². The molecule has 4 aromatic carbocycles. The average molecular weight is 767 g/mol. The second-order valence-corrected chi connectivity index (χ2v) is 15.0. The quantitative estimate of drug-likeness (QED) is 0.140. The van der Waals surface area contributed by atoms with E-state index in [1.165, 1.54) is 18.1 Å². The number of fused-ring (bicyclic) bond motifs is 4. The van der Waals surface area contributed by atoms with E-state index in [1.54, 1.807) is 73.8 Å². The number of aromatic hydroxyl groups is 1. The normalized spacial score (nSPS) is 25.9. The number of nitrogens with one attached hydrogen (secondary N) is 1. The molecule has 12 heteroatoms. The van der Waals surface area contributed by atoms with Crippen molar-refractivity contribution in [2.24, 2.45) is 23.7 Å². The van der Waals surface area contributed by atoms with Gasteiger partial charge in [-0.3, -0.25) is 29.5 Å². The van der Waals surface area contributed by atoms with Crippen molar-refractivity contribution in [3.8, 4) is 17.2 Å². The van der Waals surface area contributed by atoms with Crippen LogP contribution in [0.3, 0.4) is 0 Å². The number of aryl methyl sites for hydroxylation is 1. The molecule has 2 aliphatic carbocycles. The fraction of sp³-hybridized carbons (Fsp3) is 0.286. The van der Waals surface area contributed by atoms with Crippen molar-refractivity contribution in [1.29, 1.82) is 0 Å². The molecule has 54 heavy (non-hydrogen) atoms. The van der Waals surface area contributed by atoms with Crippen molar-refractivity contribution in [2.75, 3.05) is 24.5 Å². The molecule has 8 rings (SSSR count). The van der Waals surface area contributed by atoms with Crippen molar-refractivity contribution >= 4 is 58.2 Å². The highest BCUT2D eigenvalue weighted by Gasteiger charge is 2.70. The Kier molecular flexibility index (Phi) is 8.93. The van der Waals surface area contributed by atoms with E-state index in [9.17, 15) is 19.5 Å². The summed E-state index contributed by atoms with van der Waals surface area (Å²) in [5.41, 5.74) is 5.15. The van der Waals surface area contributed by atoms with Crippen LogP contribution in [0, 0.1) is 23.7 Å². The Balaban J connectivity index is 1.32. The van der Waals surface area contributed by atoms with Crippen LogP contribution in [-0.2, 0) is 31.0 Å². The van der Waals surface area contributed by atoms with Gasteiger partial charge in [-0.25, -0.2) is 0 Å². The van der Waals surface area contributed by atoms with Crippen LogP contribution in [-0.4, -0.2) is 48.0 Å². The lowest BCUT2D eigenvalue weighted by atomic mass is 9.49. The first kappa shape index (κ1) is 35.7. The highest BCUT2D eigenvalue weighted by molar-refractivity contribution is 6.36. The molecule has 276 valence electrons. The Bertz CT molecular complexity index is 2240. The summed E-state index contributed by atoms with van der Waals surface area (Å²) in [6, 6.07) is 24.1. The number of nitrogens with zero attached hydrogens (tertiary/aromatic N) is 2. The van der Waals surface area contributed by atoms with E-state index in [4.69, 9.17) is 32.7 Å². The minimum atomic E-state index is -1.56. The number of carbonyl (C=O) groups excluding carboxylic acids is 4. The number of benzene rings is 4. The molecule has 2 aliphatic heterocycles. The number of allylic oxidation sites excluding steroid dienone is 2. The van der Waals surface area contributed by atoms with E-state index in [2.05, 4.69) is 5.43 Å². The minimum Gasteiger partial charge on any atom is -0.504 e. The zero-order valence-electron chi connectivity index (χ0n) is 29.7. The average Bonchev–Trinajstić information content (AvgIpc) is 3.56. The first-order valence-corrected chi connectivity index (χ1v) is 18.6. The Hall–Kier alpha value is -5.32. The van der Waals surface area contributed by atoms with Gasteiger partial charge in [-0.1, -0.05) is 72.1 Å². The molecule has 4 amide bonds. The number of carbonyl (C=O) groups is 4. The van der Waals surface area contributed by atoms with Crippen LogP contribution in [0.5, 0.6) is 17.2 Å². The van der Waals surface area contributed by atoms with Crippen LogP contribution >= 0.6 is 23.2 Å². The number of phenols is 1. The number of methoxy groups -OCH3 is 2. The van der Waals surface area contributed by atoms with Crippen LogP contribution in [0.2, 0.25) is 10.0 Å². The minimum absolute atomic E-state index is 0.108. The van der Waals surface area contributed by atoms with Gasteiger partial charge >= 0.3 is 0 Å². The summed E-state index contributed by atoms with van der Waals surface area (Å²) in [7, 11) is 2.99. The fourth-order valence-electron chi connectivity index (χ4n) is 9.24. The van der Waals surface area contributed by atoms with Crippen molar-refractivity contribution < 1.29 is 33.8 Å². The lowest BCUT2D eigenvalue weighted by molar-refractivity contribution is -0.138. The molecule has 2 saturated heterocycles. The molecule has 3 fully saturated rings. The molecule has 0 bridgehead atoms. The summed E-state index contributed by atoms with van der Waals surface area (Å²) in [5, 5.41) is 12.8. The van der Waals surface area contributed by atoms with Gasteiger partial charge in [0.2, 0.25) is 11.8 Å². The predicted molar refractivity (Wildman–Crippen MR) is 204 cm³/mol. The summed E-state index contributed by atoms with van der Waals surface area (Å²) >= 11 is 12.7. The van der Waals surface area contributed by atoms with Crippen LogP contribution < -0.4 is 19.8 Å². The second kappa shape index (κ2) is 13.5. The smallest absolute Gasteiger partial charge is 0.260 e. The van der Waals surface area contributed by atoms with E-state index in [0.717, 1.165) is 22.6 Å². The highest BCUT2D eigenvalue weighted by atomic mass is 35.5. The molecule has 0 radical (unpaired) electrons. The third-order valence-corrected chi connectivity index (χ3v) is 12.3. The van der Waals surface area contributed by atoms with Crippen molar-refractivity contribution in [2.45, 2.75) is 37.5 Å². The number of anilines is 2. The van der Waals surface area contributed by atoms with Crippen LogP contribution in [0.1, 0.15) is 42.4 Å². The van der Waals surface area contributed by atoms with Crippen molar-refractivity contribution in [1.82, 2.24) is 5.01 Å². The molecular formula is C42H37Cl2N3O7. The monoisotopic (exact) mass is 765 g/mol. The second-order valence-electron chi connectivity index (χ2n) is 14.2. The van der Waals surface area contributed by atoms with Gasteiger partial charge in [-0.2, -0.15) is 5.01 Å². The Morgan fingerprint density at radius 1 is 0.852 bits per heavy atom. The lowest BCUT2D eigenvalue weighted by Crippen LogP contribution is -2.53. The standard InChI is InChI=1S/C42H37Cl2N3O7/c1-4-22-5-11-26(12-6-22)46-38(49)29-16-15-28-30(36(29)40(46)51)21-31-39(50)47(45-33-17-10-25(43)20-32(33)44)41(52)42(31,24-8-13-27(53-2)14-9-24)37(28)23-7-18-35(54-3)34(48)19-23/h5-15,17-20,29-31,36-37,45,48H,4,16,21H2,1-3H3. The Morgan fingerprint density at radius 3 is 2.24 bits per heavy atom. The molecule has 10 nitrogen and oxygen atoms in total. The molecule has 6 unspecified atom stereocenters. The number of rotatable bonds is 8. The maximum absolute atomic E-state index is 15.4. The summed E-state index contributed by atoms with van der Waals surface area (Å²) in [6.07, 6.45) is 3.15. The van der Waals surface area contributed by atoms with Gasteiger partial charge < -0.3 is 14.6 Å². The molecule has 2 heterocycles. The third kappa shape index (κ3) is 5.29. The first-order chi connectivity index (χ1) is 26.0. The van der Waals surface area contributed by atoms with E-state index < -0.39 is 46.8 Å². The zero-order valence-corrected chi connectivity index (χ0v) is 31.2. The van der Waals surface area contributed by atoms with E-state index in [-0.39, 0.29) is 41.2 Å². The SMILES string of the molecule is CCc1ccc(N2C(=O)C3CC=C4C(CC5C(=O)N(Nc6ccc(Cl)cc6Cl)C(=O)C5(c5ccc(OC)cc5)C4c4ccc(OC)c(O)c4)C3C2=O)cc1. The fourth-order valence-corrected chi connectivity index (χ4v) is 9.69. The van der Waals surface area contributed by atoms with Gasteiger partial charge in [-0.15, -0.1) is 0 Å². The van der Waals surface area contributed by atoms with Gasteiger partial charge in [0.25, 0.3) is 11.8 Å². The largest absolute Gasteiger partial charge is 0.504 e. The summed E-state index contributed by atoms with van der Waals surface area (Å²) in [4.78, 5) is 60.3. The summed E-state index contributed by atoms with van der Waals surface area (Å²) in [5.74, 6) is -4.91. The van der Waals surface area contributed by atoms with Gasteiger partial charge in [-0.05, 0) is 96.5 Å². The molecule has 6 atom stereocenters. The Morgan fingerprint density at radius 2 is 1.59 bits per heavy atom. The number of halogens is 2. The maximum atomic E-state index is 15.4. The molecule has 0 aromatic heterocycles. The van der Waals surface area contributed by atoms with E-state index >= 15 is 4.79 Å². The van der Waals surface area contributed by atoms with Crippen LogP contribution in [0.25, 0.3) is 0 Å². The maximum Gasteiger partial charge on any atom is 0.260 e. The first-order valence-electron chi connectivity index (χ1n) is 17.8. The molecule has 0 spiro atoms. The van der Waals surface area contributed by atoms with E-state index in [1.807, 2.05) is 25.1 Å². The van der Waals surface area contributed by atoms with Gasteiger partial charge in [0.05, 0.1) is 53.8 Å². The van der Waals surface area contributed by atoms with Gasteiger partial charge in [0.15, 0.2) is 11.5 Å². The molecule has 4 aliphatic rings. The number of hydrogen-bond donors (Lipinski definition) is 2. The molecule has 4 aromatic rings. The predicted octanol–water partition coefficient (Wildman–Crippen LogP) is 7.47. The Labute approximate surface area is 322 Å². The van der Waals surface area contributed by atoms with Crippen molar-refractivity contribution in [3.63, 3.8) is 0 Å². The number of imide groups is 2. The summed E-state index contributed by atoms with van der Waals surface area (Å²) in [6.45, 7) is 2.03. The number of hydrogen-bond acceptors (Lipinski definition) is 8. The van der Waals surface area contributed by atoms with E-state index in [0.29, 0.717) is 33.3 Å². The van der Waals surface area contributed by atoms with Crippen LogP contribution in [0.4, 0.5) is 11.4 Å². The number of ether oxygens (including phenoxy) is 2. The van der Waals surface area contributed by atoms with Gasteiger partial charge in [0, 0.05) is 10.9 Å². The number of hydrazine groups is 1. The highest BCUT2D eigenvalue weighted by Crippen LogP contribution is 2.64. The number of amides is 4. The topological polar surface area (TPSA) is 125 Å². The van der Waals surface area contributed by atoms with Gasteiger partial charge in [0.1, 0.15) is 5.75 Å². The third-order valence-electron chi connectivity index (χ3n) is 11.7. The van der Waals surface area contributed by atoms with Crippen LogP contribution in [0.15, 0.2) is 96.6 Å². The lowest BCUT2D eigenvalue weighted by Gasteiger charge is -2.50. The zero-order chi connectivity index (χ0) is 38.1. The summed E-state index contributed by atoms with van der Waals surface area (Å²) < 4.78 is 10.9. The molecule has 2 N–H and O–H groups in total. The molecular weight excluding hydrogens is 729 g/mol.